The zero-order chi connectivity index (χ0) is 6.85. The average molecular weight is 128 g/mol. The summed E-state index contributed by atoms with van der Waals surface area (Å²) in [6.45, 7) is 4.05. The van der Waals surface area contributed by atoms with Crippen LogP contribution in [0.5, 0.6) is 0 Å². The maximum Gasteiger partial charge on any atom is 0.306 e. The Kier molecular flexibility index (Phi) is 1.74. The Hall–Kier alpha value is -0.530. The Morgan fingerprint density at radius 1 is 1.56 bits per heavy atom. The lowest BCUT2D eigenvalue weighted by Gasteiger charge is -2.24. The van der Waals surface area contributed by atoms with Crippen LogP contribution in [0.4, 0.5) is 0 Å². The largest absolute Gasteiger partial charge is 0.462 e. The number of ether oxygens (including phenoxy) is 1. The molecule has 0 aliphatic carbocycles. The number of cyclic esters (lactones) is 1. The summed E-state index contributed by atoms with van der Waals surface area (Å²) < 4.78 is 4.96. The SMILES string of the molecule is C[C@@H]1CCC(=O)O[C@@H]1C. The van der Waals surface area contributed by atoms with Gasteiger partial charge in [-0.15, -0.1) is 0 Å². The highest BCUT2D eigenvalue weighted by Gasteiger charge is 2.22. The van der Waals surface area contributed by atoms with Crippen LogP contribution in [0.1, 0.15) is 26.7 Å². The molecule has 1 aliphatic heterocycles. The van der Waals surface area contributed by atoms with Crippen molar-refractivity contribution in [3.63, 3.8) is 0 Å². The molecule has 0 bridgehead atoms. The minimum Gasteiger partial charge on any atom is -0.462 e. The molecule has 1 rings (SSSR count). The Bertz CT molecular complexity index is 120. The van der Waals surface area contributed by atoms with Gasteiger partial charge in [0.15, 0.2) is 0 Å². The van der Waals surface area contributed by atoms with E-state index in [-0.39, 0.29) is 12.1 Å². The van der Waals surface area contributed by atoms with Crippen LogP contribution < -0.4 is 0 Å². The Balaban J connectivity index is 2.44. The van der Waals surface area contributed by atoms with Crippen molar-refractivity contribution in [1.29, 1.82) is 0 Å². The van der Waals surface area contributed by atoms with Gasteiger partial charge in [0.1, 0.15) is 6.10 Å². The van der Waals surface area contributed by atoms with Gasteiger partial charge in [0.05, 0.1) is 0 Å². The molecule has 2 heteroatoms. The van der Waals surface area contributed by atoms with Gasteiger partial charge >= 0.3 is 5.97 Å². The fraction of sp³-hybridized carbons (Fsp3) is 0.857. The van der Waals surface area contributed by atoms with E-state index in [4.69, 9.17) is 4.74 Å². The number of hydrogen-bond donors (Lipinski definition) is 0. The van der Waals surface area contributed by atoms with E-state index >= 15 is 0 Å². The molecule has 1 fully saturated rings. The van der Waals surface area contributed by atoms with Crippen molar-refractivity contribution in [2.45, 2.75) is 32.8 Å². The molecule has 9 heavy (non-hydrogen) atoms. The summed E-state index contributed by atoms with van der Waals surface area (Å²) in [4.78, 5) is 10.6. The summed E-state index contributed by atoms with van der Waals surface area (Å²) in [6, 6.07) is 0. The van der Waals surface area contributed by atoms with Crippen molar-refractivity contribution < 1.29 is 9.53 Å². The maximum atomic E-state index is 10.6. The smallest absolute Gasteiger partial charge is 0.306 e. The predicted octanol–water partition coefficient (Wildman–Crippen LogP) is 1.35. The molecule has 1 aliphatic rings. The third-order valence-electron chi connectivity index (χ3n) is 1.92. The minimum absolute atomic E-state index is 0.0411. The third kappa shape index (κ3) is 1.44. The van der Waals surface area contributed by atoms with E-state index in [0.29, 0.717) is 12.3 Å². The molecular weight excluding hydrogens is 116 g/mol. The lowest BCUT2D eigenvalue weighted by molar-refractivity contribution is -0.156. The first-order valence-electron chi connectivity index (χ1n) is 3.39. The van der Waals surface area contributed by atoms with E-state index in [1.807, 2.05) is 6.92 Å². The second kappa shape index (κ2) is 2.38. The molecule has 0 amide bonds. The number of rotatable bonds is 0. The summed E-state index contributed by atoms with van der Waals surface area (Å²) in [5.41, 5.74) is 0. The van der Waals surface area contributed by atoms with Crippen molar-refractivity contribution in [2.75, 3.05) is 0 Å². The van der Waals surface area contributed by atoms with E-state index in [1.54, 1.807) is 0 Å². The molecule has 52 valence electrons. The quantitative estimate of drug-likeness (QED) is 0.460. The van der Waals surface area contributed by atoms with Crippen molar-refractivity contribution >= 4 is 5.97 Å². The summed E-state index contributed by atoms with van der Waals surface area (Å²) in [7, 11) is 0. The minimum atomic E-state index is -0.0411. The van der Waals surface area contributed by atoms with Crippen LogP contribution in [-0.4, -0.2) is 12.1 Å². The van der Waals surface area contributed by atoms with E-state index in [1.165, 1.54) is 0 Å². The zero-order valence-corrected chi connectivity index (χ0v) is 5.89. The summed E-state index contributed by atoms with van der Waals surface area (Å²) in [5.74, 6) is 0.503. The van der Waals surface area contributed by atoms with Gasteiger partial charge in [0, 0.05) is 6.42 Å². The highest BCUT2D eigenvalue weighted by Crippen LogP contribution is 2.19. The van der Waals surface area contributed by atoms with Gasteiger partial charge in [0.25, 0.3) is 0 Å². The molecule has 1 heterocycles. The molecule has 1 saturated heterocycles. The molecule has 0 aromatic carbocycles. The molecule has 2 nitrogen and oxygen atoms in total. The number of hydrogen-bond acceptors (Lipinski definition) is 2. The third-order valence-corrected chi connectivity index (χ3v) is 1.92. The molecule has 0 aromatic rings. The highest BCUT2D eigenvalue weighted by atomic mass is 16.5. The van der Waals surface area contributed by atoms with Crippen LogP contribution in [0.2, 0.25) is 0 Å². The molecule has 0 radical (unpaired) electrons. The summed E-state index contributed by atoms with van der Waals surface area (Å²) in [5, 5.41) is 0. The second-order valence-corrected chi connectivity index (χ2v) is 2.71. The molecular formula is C7H12O2. The number of carbonyl (C=O) groups is 1. The maximum absolute atomic E-state index is 10.6. The normalized spacial score (nSPS) is 36.0. The first kappa shape index (κ1) is 6.59. The summed E-state index contributed by atoms with van der Waals surface area (Å²) >= 11 is 0. The molecule has 0 saturated carbocycles. The Morgan fingerprint density at radius 3 is 2.67 bits per heavy atom. The van der Waals surface area contributed by atoms with Crippen LogP contribution in [0.3, 0.4) is 0 Å². The lowest BCUT2D eigenvalue weighted by atomic mass is 9.98. The van der Waals surface area contributed by atoms with Crippen LogP contribution in [0.25, 0.3) is 0 Å². The van der Waals surface area contributed by atoms with E-state index in [0.717, 1.165) is 6.42 Å². The number of esters is 1. The van der Waals surface area contributed by atoms with E-state index in [9.17, 15) is 4.79 Å². The van der Waals surface area contributed by atoms with Crippen molar-refractivity contribution in [2.24, 2.45) is 5.92 Å². The van der Waals surface area contributed by atoms with Gasteiger partial charge in [-0.05, 0) is 19.3 Å². The van der Waals surface area contributed by atoms with Gasteiger partial charge < -0.3 is 4.74 Å². The standard InChI is InChI=1S/C7H12O2/c1-5-3-4-7(8)9-6(5)2/h5-6H,3-4H2,1-2H3/t5-,6-/m1/s1. The molecule has 0 unspecified atom stereocenters. The number of carbonyl (C=O) groups excluding carboxylic acids is 1. The van der Waals surface area contributed by atoms with Gasteiger partial charge in [-0.1, -0.05) is 6.92 Å². The lowest BCUT2D eigenvalue weighted by Crippen LogP contribution is -2.27. The van der Waals surface area contributed by atoms with Gasteiger partial charge in [-0.3, -0.25) is 4.79 Å². The van der Waals surface area contributed by atoms with Crippen molar-refractivity contribution in [3.05, 3.63) is 0 Å². The van der Waals surface area contributed by atoms with Gasteiger partial charge in [-0.2, -0.15) is 0 Å². The zero-order valence-electron chi connectivity index (χ0n) is 5.89. The first-order valence-corrected chi connectivity index (χ1v) is 3.39. The fourth-order valence-corrected chi connectivity index (χ4v) is 0.963. The Labute approximate surface area is 55.2 Å². The molecule has 0 aromatic heterocycles. The van der Waals surface area contributed by atoms with Crippen LogP contribution in [0.15, 0.2) is 0 Å². The fourth-order valence-electron chi connectivity index (χ4n) is 0.963. The second-order valence-electron chi connectivity index (χ2n) is 2.71. The van der Waals surface area contributed by atoms with Crippen LogP contribution in [0, 0.1) is 5.92 Å². The van der Waals surface area contributed by atoms with Crippen molar-refractivity contribution in [1.82, 2.24) is 0 Å². The van der Waals surface area contributed by atoms with Crippen LogP contribution >= 0.6 is 0 Å². The topological polar surface area (TPSA) is 26.3 Å². The average Bonchev–Trinajstić information content (AvgIpc) is 1.80. The van der Waals surface area contributed by atoms with Gasteiger partial charge in [-0.25, -0.2) is 0 Å². The monoisotopic (exact) mass is 128 g/mol. The molecule has 0 spiro atoms. The van der Waals surface area contributed by atoms with E-state index in [2.05, 4.69) is 6.92 Å². The van der Waals surface area contributed by atoms with E-state index < -0.39 is 0 Å². The van der Waals surface area contributed by atoms with Crippen LogP contribution in [-0.2, 0) is 9.53 Å². The van der Waals surface area contributed by atoms with Gasteiger partial charge in [0.2, 0.25) is 0 Å². The predicted molar refractivity (Wildman–Crippen MR) is 34.0 cm³/mol. The first-order chi connectivity index (χ1) is 4.20. The molecule has 2 atom stereocenters. The van der Waals surface area contributed by atoms with Crippen molar-refractivity contribution in [3.8, 4) is 0 Å². The molecule has 0 N–H and O–H groups in total. The summed E-state index contributed by atoms with van der Waals surface area (Å²) in [6.07, 6.45) is 1.72. The Morgan fingerprint density at radius 2 is 2.22 bits per heavy atom. The highest BCUT2D eigenvalue weighted by molar-refractivity contribution is 5.70.